The molecular weight excluding hydrogens is 432 g/mol. The minimum atomic E-state index is -0.577. The second kappa shape index (κ2) is 7.83. The first-order valence-electron chi connectivity index (χ1n) is 14.8. The molecule has 0 aromatic carbocycles. The Morgan fingerprint density at radius 2 is 1.54 bits per heavy atom. The Kier molecular flexibility index (Phi) is 5.76. The number of carbonyl (C=O) groups excluding carboxylic acids is 2. The molecule has 10 atom stereocenters. The number of hydrogen-bond donors (Lipinski definition) is 0. The molecule has 5 rings (SSSR count). The standard InChI is InChI=1S/C32H52O3/c1-19(2)21-12-14-29(6)16-17-31(8)22(26(21)29)10-11-25-30(7)18-23(35-20(3)33)27(34)28(4,5)24(30)13-15-32(25,31)9/h19,21-26H,10-18H2,1-9H3/t21-,22?,23+,24-,25?,26+,29?,30?,31+,32?/m0/s1. The summed E-state index contributed by atoms with van der Waals surface area (Å²) in [5.41, 5.74) is 0.763. The van der Waals surface area contributed by atoms with Crippen molar-refractivity contribution in [3.05, 3.63) is 0 Å². The van der Waals surface area contributed by atoms with E-state index in [-0.39, 0.29) is 22.6 Å². The van der Waals surface area contributed by atoms with Crippen LogP contribution in [0, 0.1) is 62.6 Å². The van der Waals surface area contributed by atoms with Gasteiger partial charge < -0.3 is 4.74 Å². The third-order valence-electron chi connectivity index (χ3n) is 13.8. The molecule has 5 saturated carbocycles. The zero-order valence-corrected chi connectivity index (χ0v) is 24.1. The molecular formula is C32H52O3. The number of hydrogen-bond acceptors (Lipinski definition) is 3. The first-order valence-corrected chi connectivity index (χ1v) is 14.8. The predicted molar refractivity (Wildman–Crippen MR) is 141 cm³/mol. The molecule has 0 aromatic rings. The lowest BCUT2D eigenvalue weighted by molar-refractivity contribution is -0.242. The molecule has 0 heterocycles. The second-order valence-electron chi connectivity index (χ2n) is 15.7. The largest absolute Gasteiger partial charge is 0.455 e. The number of fused-ring (bicyclic) bond motifs is 7. The topological polar surface area (TPSA) is 43.4 Å². The van der Waals surface area contributed by atoms with Crippen molar-refractivity contribution in [3.63, 3.8) is 0 Å². The van der Waals surface area contributed by atoms with Crippen LogP contribution >= 0.6 is 0 Å². The van der Waals surface area contributed by atoms with Crippen LogP contribution in [0.2, 0.25) is 0 Å². The zero-order chi connectivity index (χ0) is 25.8. The van der Waals surface area contributed by atoms with Crippen LogP contribution in [0.15, 0.2) is 0 Å². The first-order chi connectivity index (χ1) is 16.1. The number of Topliss-reactive ketones (excluding diaryl/α,β-unsaturated/α-hetero) is 1. The summed E-state index contributed by atoms with van der Waals surface area (Å²) in [7, 11) is 0. The molecule has 5 fully saturated rings. The summed E-state index contributed by atoms with van der Waals surface area (Å²) in [6, 6.07) is 0. The van der Waals surface area contributed by atoms with E-state index in [2.05, 4.69) is 55.4 Å². The lowest BCUT2D eigenvalue weighted by atomic mass is 9.32. The molecule has 5 aliphatic carbocycles. The SMILES string of the molecule is CC(=O)O[C@@H]1CC2(C)C3CCC4[C@H]5[C@H](C(C)C)CCC5(C)CC[C@@]4(C)C3(C)CC[C@H]2C(C)(C)C1=O. The summed E-state index contributed by atoms with van der Waals surface area (Å²) in [6.07, 6.45) is 10.7. The van der Waals surface area contributed by atoms with E-state index < -0.39 is 11.5 Å². The van der Waals surface area contributed by atoms with Crippen molar-refractivity contribution in [3.8, 4) is 0 Å². The molecule has 3 heteroatoms. The van der Waals surface area contributed by atoms with Crippen molar-refractivity contribution in [1.29, 1.82) is 0 Å². The van der Waals surface area contributed by atoms with Crippen molar-refractivity contribution in [2.24, 2.45) is 62.6 Å². The fraction of sp³-hybridized carbons (Fsp3) is 0.938. The number of esters is 1. The van der Waals surface area contributed by atoms with Gasteiger partial charge in [0.1, 0.15) is 0 Å². The maximum absolute atomic E-state index is 13.5. The summed E-state index contributed by atoms with van der Waals surface area (Å²) in [5, 5.41) is 0. The Morgan fingerprint density at radius 1 is 0.857 bits per heavy atom. The van der Waals surface area contributed by atoms with Crippen molar-refractivity contribution < 1.29 is 14.3 Å². The first kappa shape index (κ1) is 25.8. The summed E-state index contributed by atoms with van der Waals surface area (Å²) in [4.78, 5) is 25.5. The number of ketones is 1. The normalized spacial score (nSPS) is 52.8. The van der Waals surface area contributed by atoms with Crippen molar-refractivity contribution in [2.45, 2.75) is 126 Å². The summed E-state index contributed by atoms with van der Waals surface area (Å²) < 4.78 is 5.72. The highest BCUT2D eigenvalue weighted by Crippen LogP contribution is 2.77. The molecule has 0 radical (unpaired) electrons. The van der Waals surface area contributed by atoms with E-state index in [1.165, 1.54) is 51.9 Å². The highest BCUT2D eigenvalue weighted by atomic mass is 16.5. The second-order valence-corrected chi connectivity index (χ2v) is 15.7. The van der Waals surface area contributed by atoms with E-state index >= 15 is 0 Å². The number of carbonyl (C=O) groups is 2. The van der Waals surface area contributed by atoms with E-state index in [4.69, 9.17) is 4.74 Å². The minimum absolute atomic E-state index is 0.0341. The van der Waals surface area contributed by atoms with Gasteiger partial charge in [-0.3, -0.25) is 9.59 Å². The third-order valence-corrected chi connectivity index (χ3v) is 13.8. The summed E-state index contributed by atoms with van der Waals surface area (Å²) in [6.45, 7) is 21.1. The van der Waals surface area contributed by atoms with E-state index in [9.17, 15) is 9.59 Å². The Balaban J connectivity index is 1.54. The van der Waals surface area contributed by atoms with Gasteiger partial charge in [-0.25, -0.2) is 0 Å². The van der Waals surface area contributed by atoms with Gasteiger partial charge in [0.2, 0.25) is 0 Å². The van der Waals surface area contributed by atoms with Crippen LogP contribution in [0.5, 0.6) is 0 Å². The lowest BCUT2D eigenvalue weighted by Crippen LogP contribution is -2.67. The van der Waals surface area contributed by atoms with Crippen LogP contribution in [0.1, 0.15) is 120 Å². The Hall–Kier alpha value is -0.860. The van der Waals surface area contributed by atoms with Crippen LogP contribution in [0.25, 0.3) is 0 Å². The maximum Gasteiger partial charge on any atom is 0.303 e. The molecule has 0 spiro atoms. The quantitative estimate of drug-likeness (QED) is 0.375. The highest BCUT2D eigenvalue weighted by molar-refractivity contribution is 5.91. The molecule has 0 amide bonds. The molecule has 0 aliphatic heterocycles. The van der Waals surface area contributed by atoms with Crippen molar-refractivity contribution >= 4 is 11.8 Å². The van der Waals surface area contributed by atoms with E-state index in [1.807, 2.05) is 0 Å². The van der Waals surface area contributed by atoms with Crippen LogP contribution in [0.3, 0.4) is 0 Å². The molecule has 0 saturated heterocycles. The van der Waals surface area contributed by atoms with Gasteiger partial charge in [-0.1, -0.05) is 55.4 Å². The molecule has 0 N–H and O–H groups in total. The van der Waals surface area contributed by atoms with E-state index in [1.54, 1.807) is 0 Å². The monoisotopic (exact) mass is 484 g/mol. The van der Waals surface area contributed by atoms with E-state index in [0.29, 0.717) is 22.7 Å². The van der Waals surface area contributed by atoms with Crippen molar-refractivity contribution in [1.82, 2.24) is 0 Å². The highest BCUT2D eigenvalue weighted by Gasteiger charge is 2.71. The zero-order valence-electron chi connectivity index (χ0n) is 24.1. The van der Waals surface area contributed by atoms with Gasteiger partial charge in [-0.2, -0.15) is 0 Å². The van der Waals surface area contributed by atoms with Gasteiger partial charge in [0.25, 0.3) is 0 Å². The Morgan fingerprint density at radius 3 is 2.17 bits per heavy atom. The van der Waals surface area contributed by atoms with Gasteiger partial charge >= 0.3 is 5.97 Å². The molecule has 35 heavy (non-hydrogen) atoms. The minimum Gasteiger partial charge on any atom is -0.455 e. The third kappa shape index (κ3) is 3.27. The molecule has 5 unspecified atom stereocenters. The number of rotatable bonds is 2. The van der Waals surface area contributed by atoms with E-state index in [0.717, 1.165) is 36.5 Å². The van der Waals surface area contributed by atoms with Crippen LogP contribution < -0.4 is 0 Å². The molecule has 3 nitrogen and oxygen atoms in total. The Bertz CT molecular complexity index is 904. The molecule has 198 valence electrons. The molecule has 0 aromatic heterocycles. The smallest absolute Gasteiger partial charge is 0.303 e. The average Bonchev–Trinajstić information content (AvgIpc) is 3.10. The Labute approximate surface area is 214 Å². The predicted octanol–water partition coefficient (Wildman–Crippen LogP) is 7.85. The van der Waals surface area contributed by atoms with Crippen LogP contribution in [-0.2, 0) is 14.3 Å². The molecule has 0 bridgehead atoms. The van der Waals surface area contributed by atoms with Gasteiger partial charge in [0, 0.05) is 12.3 Å². The van der Waals surface area contributed by atoms with Gasteiger partial charge in [-0.15, -0.1) is 0 Å². The van der Waals surface area contributed by atoms with Gasteiger partial charge in [0.15, 0.2) is 11.9 Å². The maximum atomic E-state index is 13.5. The average molecular weight is 485 g/mol. The van der Waals surface area contributed by atoms with Gasteiger partial charge in [0.05, 0.1) is 0 Å². The van der Waals surface area contributed by atoms with Crippen molar-refractivity contribution in [2.75, 3.05) is 0 Å². The number of ether oxygens (including phenoxy) is 1. The fourth-order valence-corrected chi connectivity index (χ4v) is 12.0. The van der Waals surface area contributed by atoms with Crippen LogP contribution in [0.4, 0.5) is 0 Å². The van der Waals surface area contributed by atoms with Gasteiger partial charge in [-0.05, 0) is 115 Å². The fourth-order valence-electron chi connectivity index (χ4n) is 12.0. The van der Waals surface area contributed by atoms with Crippen LogP contribution in [-0.4, -0.2) is 17.9 Å². The lowest BCUT2D eigenvalue weighted by Gasteiger charge is -2.72. The summed E-state index contributed by atoms with van der Waals surface area (Å²) >= 11 is 0. The summed E-state index contributed by atoms with van der Waals surface area (Å²) in [5.74, 6) is 4.12. The molecule has 5 aliphatic rings.